The third-order valence-corrected chi connectivity index (χ3v) is 5.34. The van der Waals surface area contributed by atoms with Gasteiger partial charge in [0, 0.05) is 20.6 Å². The molecule has 0 bridgehead atoms. The second-order valence-corrected chi connectivity index (χ2v) is 7.03. The number of aryl methyl sites for hydroxylation is 4. The van der Waals surface area contributed by atoms with Gasteiger partial charge in [0.15, 0.2) is 21.5 Å². The molecule has 138 valence electrons. The lowest BCUT2D eigenvalue weighted by atomic mass is 10.1. The van der Waals surface area contributed by atoms with Crippen molar-refractivity contribution in [2.24, 2.45) is 14.1 Å². The van der Waals surface area contributed by atoms with E-state index in [9.17, 15) is 9.59 Å². The highest BCUT2D eigenvalue weighted by Gasteiger charge is 2.19. The van der Waals surface area contributed by atoms with Gasteiger partial charge in [0.1, 0.15) is 6.33 Å². The van der Waals surface area contributed by atoms with Crippen LogP contribution in [0, 0.1) is 0 Å². The Morgan fingerprint density at radius 3 is 2.59 bits per heavy atom. The second-order valence-electron chi connectivity index (χ2n) is 6.10. The molecule has 3 heterocycles. The number of benzene rings is 1. The van der Waals surface area contributed by atoms with E-state index in [-0.39, 0.29) is 0 Å². The summed E-state index contributed by atoms with van der Waals surface area (Å²) in [4.78, 5) is 31.3. The molecule has 1 aromatic carbocycles. The van der Waals surface area contributed by atoms with Crippen LogP contribution >= 0.6 is 11.8 Å². The molecule has 0 unspecified atom stereocenters. The fraction of sp³-hybridized carbons (Fsp3) is 0.235. The summed E-state index contributed by atoms with van der Waals surface area (Å²) in [6, 6.07) is 10.00. The van der Waals surface area contributed by atoms with Crippen molar-refractivity contribution < 1.29 is 0 Å². The Bertz CT molecular complexity index is 1220. The Labute approximate surface area is 157 Å². The van der Waals surface area contributed by atoms with Crippen LogP contribution < -0.4 is 11.2 Å². The summed E-state index contributed by atoms with van der Waals surface area (Å²) in [5.74, 6) is 0. The summed E-state index contributed by atoms with van der Waals surface area (Å²) in [5.41, 5.74) is 0.934. The number of rotatable bonds is 5. The van der Waals surface area contributed by atoms with Gasteiger partial charge in [0.2, 0.25) is 0 Å². The Kier molecular flexibility index (Phi) is 4.40. The molecule has 27 heavy (non-hydrogen) atoms. The molecule has 0 aliphatic carbocycles. The van der Waals surface area contributed by atoms with E-state index in [1.54, 1.807) is 17.9 Å². The van der Waals surface area contributed by atoms with Crippen molar-refractivity contribution in [3.63, 3.8) is 0 Å². The lowest BCUT2D eigenvalue weighted by Gasteiger charge is -2.08. The van der Waals surface area contributed by atoms with Gasteiger partial charge in [-0.05, 0) is 23.7 Å². The third kappa shape index (κ3) is 3.19. The molecule has 10 heteroatoms. The van der Waals surface area contributed by atoms with E-state index in [2.05, 4.69) is 20.2 Å². The first kappa shape index (κ1) is 17.3. The molecule has 4 aromatic rings. The predicted octanol–water partition coefficient (Wildman–Crippen LogP) is 0.946. The minimum Gasteiger partial charge on any atom is -0.312 e. The molecule has 0 saturated heterocycles. The standard InChI is InChI=1S/C17H17N7O2S/c1-22-10-18-21-17(22)27-16-19-13-12(14(25)20-15(26)23(13)2)24(16)9-8-11-6-4-3-5-7-11/h3-7,10H,8-9H2,1-2H3,(H,20,25,26). The molecule has 0 amide bonds. The summed E-state index contributed by atoms with van der Waals surface area (Å²) >= 11 is 1.30. The number of fused-ring (bicyclic) bond motifs is 1. The Balaban J connectivity index is 1.83. The van der Waals surface area contributed by atoms with Gasteiger partial charge >= 0.3 is 5.69 Å². The van der Waals surface area contributed by atoms with E-state index in [1.165, 1.54) is 16.3 Å². The summed E-state index contributed by atoms with van der Waals surface area (Å²) in [6.07, 6.45) is 2.32. The Morgan fingerprint density at radius 2 is 1.89 bits per heavy atom. The van der Waals surface area contributed by atoms with Crippen LogP contribution in [0.4, 0.5) is 0 Å². The molecule has 9 nitrogen and oxygen atoms in total. The van der Waals surface area contributed by atoms with E-state index in [1.807, 2.05) is 41.9 Å². The maximum absolute atomic E-state index is 12.5. The van der Waals surface area contributed by atoms with Crippen LogP contribution in [0.5, 0.6) is 0 Å². The number of hydrogen-bond acceptors (Lipinski definition) is 6. The molecule has 0 spiro atoms. The van der Waals surface area contributed by atoms with Gasteiger partial charge in [0.05, 0.1) is 0 Å². The smallest absolute Gasteiger partial charge is 0.312 e. The maximum Gasteiger partial charge on any atom is 0.329 e. The summed E-state index contributed by atoms with van der Waals surface area (Å²) in [7, 11) is 3.42. The SMILES string of the molecule is Cn1cnnc1Sc1nc2c(c(=O)[nH]c(=O)n2C)n1CCc1ccccc1. The van der Waals surface area contributed by atoms with E-state index >= 15 is 0 Å². The second kappa shape index (κ2) is 6.88. The number of aromatic amines is 1. The first-order valence-corrected chi connectivity index (χ1v) is 9.11. The van der Waals surface area contributed by atoms with E-state index in [4.69, 9.17) is 0 Å². The summed E-state index contributed by atoms with van der Waals surface area (Å²) in [6.45, 7) is 0.544. The molecule has 4 rings (SSSR count). The highest BCUT2D eigenvalue weighted by molar-refractivity contribution is 7.99. The van der Waals surface area contributed by atoms with Crippen molar-refractivity contribution in [3.8, 4) is 0 Å². The molecule has 0 aliphatic heterocycles. The average molecular weight is 383 g/mol. The van der Waals surface area contributed by atoms with Crippen molar-refractivity contribution in [3.05, 3.63) is 63.1 Å². The largest absolute Gasteiger partial charge is 0.329 e. The minimum atomic E-state index is -0.490. The first-order chi connectivity index (χ1) is 13.0. The minimum absolute atomic E-state index is 0.349. The van der Waals surface area contributed by atoms with Crippen molar-refractivity contribution in [2.75, 3.05) is 0 Å². The van der Waals surface area contributed by atoms with Gasteiger partial charge in [-0.1, -0.05) is 30.3 Å². The van der Waals surface area contributed by atoms with Crippen LogP contribution in [-0.2, 0) is 27.1 Å². The molecule has 0 saturated carbocycles. The quantitative estimate of drug-likeness (QED) is 0.550. The van der Waals surface area contributed by atoms with Gasteiger partial charge < -0.3 is 9.13 Å². The zero-order valence-corrected chi connectivity index (χ0v) is 15.6. The molecule has 0 atom stereocenters. The van der Waals surface area contributed by atoms with Crippen LogP contribution in [0.15, 0.2) is 56.6 Å². The molecule has 0 aliphatic rings. The number of hydrogen-bond donors (Lipinski definition) is 1. The van der Waals surface area contributed by atoms with Crippen molar-refractivity contribution in [2.45, 2.75) is 23.3 Å². The topological polar surface area (TPSA) is 103 Å². The highest BCUT2D eigenvalue weighted by Crippen LogP contribution is 2.27. The zero-order valence-electron chi connectivity index (χ0n) is 14.8. The molecular formula is C17H17N7O2S. The van der Waals surface area contributed by atoms with Gasteiger partial charge in [0.25, 0.3) is 5.56 Å². The molecule has 0 radical (unpaired) electrons. The van der Waals surface area contributed by atoms with Crippen LogP contribution in [-0.4, -0.2) is 33.9 Å². The molecule has 3 aromatic heterocycles. The Morgan fingerprint density at radius 1 is 1.11 bits per heavy atom. The number of nitrogens with one attached hydrogen (secondary N) is 1. The maximum atomic E-state index is 12.5. The number of aromatic nitrogens is 7. The number of nitrogens with zero attached hydrogens (tertiary/aromatic N) is 6. The molecular weight excluding hydrogens is 366 g/mol. The Hall–Kier alpha value is -3.14. The summed E-state index contributed by atoms with van der Waals surface area (Å²) < 4.78 is 4.95. The van der Waals surface area contributed by atoms with Gasteiger partial charge in [-0.3, -0.25) is 14.3 Å². The van der Waals surface area contributed by atoms with Crippen LogP contribution in [0.25, 0.3) is 11.2 Å². The predicted molar refractivity (Wildman–Crippen MR) is 101 cm³/mol. The normalized spacial score (nSPS) is 11.3. The van der Waals surface area contributed by atoms with Crippen molar-refractivity contribution in [1.82, 2.24) is 33.9 Å². The molecule has 1 N–H and O–H groups in total. The van der Waals surface area contributed by atoms with E-state index in [0.29, 0.717) is 28.0 Å². The van der Waals surface area contributed by atoms with Crippen LogP contribution in [0.3, 0.4) is 0 Å². The van der Waals surface area contributed by atoms with Gasteiger partial charge in [-0.2, -0.15) is 0 Å². The van der Waals surface area contributed by atoms with Crippen molar-refractivity contribution >= 4 is 22.9 Å². The van der Waals surface area contributed by atoms with E-state index < -0.39 is 11.2 Å². The zero-order chi connectivity index (χ0) is 19.0. The lowest BCUT2D eigenvalue weighted by molar-refractivity contribution is 0.647. The van der Waals surface area contributed by atoms with Crippen LogP contribution in [0.2, 0.25) is 0 Å². The third-order valence-electron chi connectivity index (χ3n) is 4.29. The van der Waals surface area contributed by atoms with Gasteiger partial charge in [-0.25, -0.2) is 9.78 Å². The van der Waals surface area contributed by atoms with Crippen molar-refractivity contribution in [1.29, 1.82) is 0 Å². The van der Waals surface area contributed by atoms with Crippen LogP contribution in [0.1, 0.15) is 5.56 Å². The molecule has 0 fully saturated rings. The van der Waals surface area contributed by atoms with Gasteiger partial charge in [-0.15, -0.1) is 10.2 Å². The highest BCUT2D eigenvalue weighted by atomic mass is 32.2. The average Bonchev–Trinajstić information content (AvgIpc) is 3.23. The van der Waals surface area contributed by atoms with E-state index in [0.717, 1.165) is 12.0 Å². The fourth-order valence-electron chi connectivity index (χ4n) is 2.83. The fourth-order valence-corrected chi connectivity index (χ4v) is 3.70. The lowest BCUT2D eigenvalue weighted by Crippen LogP contribution is -2.29. The summed E-state index contributed by atoms with van der Waals surface area (Å²) in [5, 5.41) is 9.18. The number of H-pyrrole nitrogens is 1. The first-order valence-electron chi connectivity index (χ1n) is 8.30. The monoisotopic (exact) mass is 383 g/mol. The number of imidazole rings is 1.